The second-order valence-corrected chi connectivity index (χ2v) is 4.71. The summed E-state index contributed by atoms with van der Waals surface area (Å²) in [5.41, 5.74) is 0.657. The van der Waals surface area contributed by atoms with Crippen LogP contribution in [-0.2, 0) is 4.79 Å². The van der Waals surface area contributed by atoms with E-state index in [4.69, 9.17) is 4.74 Å². The van der Waals surface area contributed by atoms with Gasteiger partial charge in [-0.05, 0) is 6.07 Å². The van der Waals surface area contributed by atoms with E-state index in [1.807, 2.05) is 0 Å². The summed E-state index contributed by atoms with van der Waals surface area (Å²) in [4.78, 5) is 28.6. The van der Waals surface area contributed by atoms with Gasteiger partial charge in [-0.3, -0.25) is 9.78 Å². The third kappa shape index (κ3) is 3.28. The molecule has 6 nitrogen and oxygen atoms in total. The average molecular weight is 288 g/mol. The zero-order chi connectivity index (χ0) is 15.4. The van der Waals surface area contributed by atoms with Gasteiger partial charge in [-0.2, -0.15) is 0 Å². The molecule has 0 saturated heterocycles. The van der Waals surface area contributed by atoms with Gasteiger partial charge < -0.3 is 14.7 Å². The maximum absolute atomic E-state index is 11.5. The number of carbonyl (C=O) groups excluding carboxylic acids is 1. The summed E-state index contributed by atoms with van der Waals surface area (Å²) in [5.74, 6) is -0.990. The number of hydrogen-bond acceptors (Lipinski definition) is 4. The Kier molecular flexibility index (Phi) is 4.37. The van der Waals surface area contributed by atoms with Crippen LogP contribution >= 0.6 is 0 Å². The molecule has 0 spiro atoms. The van der Waals surface area contributed by atoms with E-state index >= 15 is 0 Å². The number of hydrogen-bond donors (Lipinski definition) is 1. The van der Waals surface area contributed by atoms with Crippen molar-refractivity contribution in [2.75, 3.05) is 20.7 Å². The first-order valence-corrected chi connectivity index (χ1v) is 6.44. The molecule has 0 aliphatic heterocycles. The van der Waals surface area contributed by atoms with Gasteiger partial charge in [0.25, 0.3) is 0 Å². The zero-order valence-corrected chi connectivity index (χ0v) is 11.9. The van der Waals surface area contributed by atoms with E-state index < -0.39 is 5.97 Å². The van der Waals surface area contributed by atoms with Crippen molar-refractivity contribution in [2.24, 2.45) is 0 Å². The number of amides is 1. The molecule has 110 valence electrons. The number of nitrogens with zero attached hydrogens (tertiary/aromatic N) is 2. The molecular weight excluding hydrogens is 272 g/mol. The van der Waals surface area contributed by atoms with Crippen LogP contribution < -0.4 is 4.74 Å². The molecule has 0 unspecified atom stereocenters. The van der Waals surface area contributed by atoms with Crippen molar-refractivity contribution in [1.82, 2.24) is 9.88 Å². The van der Waals surface area contributed by atoms with E-state index in [0.29, 0.717) is 10.9 Å². The molecule has 1 N–H and O–H groups in total. The number of benzene rings is 1. The van der Waals surface area contributed by atoms with E-state index in [9.17, 15) is 14.7 Å². The largest absolute Gasteiger partial charge is 0.490 e. The molecule has 1 heterocycles. The number of ether oxygens (including phenoxy) is 1. The first-order chi connectivity index (χ1) is 10.0. The quantitative estimate of drug-likeness (QED) is 0.907. The Morgan fingerprint density at radius 2 is 2.00 bits per heavy atom. The lowest BCUT2D eigenvalue weighted by atomic mass is 10.1. The molecule has 0 saturated carbocycles. The van der Waals surface area contributed by atoms with Crippen LogP contribution in [0.2, 0.25) is 0 Å². The maximum atomic E-state index is 11.5. The van der Waals surface area contributed by atoms with E-state index in [1.165, 1.54) is 11.1 Å². The number of fused-ring (bicyclic) bond motifs is 1. The lowest BCUT2D eigenvalue weighted by Crippen LogP contribution is -2.23. The fraction of sp³-hybridized carbons (Fsp3) is 0.267. The minimum Gasteiger partial charge on any atom is -0.490 e. The second kappa shape index (κ2) is 6.21. The zero-order valence-electron chi connectivity index (χ0n) is 11.9. The molecule has 0 radical (unpaired) electrons. The molecule has 0 atom stereocenters. The monoisotopic (exact) mass is 288 g/mol. The van der Waals surface area contributed by atoms with Crippen LogP contribution in [0.1, 0.15) is 16.8 Å². The van der Waals surface area contributed by atoms with Crippen LogP contribution in [0.3, 0.4) is 0 Å². The van der Waals surface area contributed by atoms with Gasteiger partial charge in [0.05, 0.1) is 24.7 Å². The molecule has 2 aromatic rings. The highest BCUT2D eigenvalue weighted by Gasteiger charge is 2.17. The number of carbonyl (C=O) groups is 2. The molecular formula is C15H16N2O4. The minimum absolute atomic E-state index is 0.0675. The molecule has 1 amide bonds. The summed E-state index contributed by atoms with van der Waals surface area (Å²) in [6, 6.07) is 6.96. The highest BCUT2D eigenvalue weighted by Crippen LogP contribution is 2.26. The smallest absolute Gasteiger partial charge is 0.340 e. The molecule has 21 heavy (non-hydrogen) atoms. The predicted molar refractivity (Wildman–Crippen MR) is 77.5 cm³/mol. The summed E-state index contributed by atoms with van der Waals surface area (Å²) in [5, 5.41) is 9.89. The van der Waals surface area contributed by atoms with Crippen LogP contribution in [-0.4, -0.2) is 47.6 Å². The van der Waals surface area contributed by atoms with Crippen LogP contribution in [0, 0.1) is 0 Å². The van der Waals surface area contributed by atoms with Crippen LogP contribution in [0.5, 0.6) is 5.75 Å². The van der Waals surface area contributed by atoms with Gasteiger partial charge in [-0.15, -0.1) is 0 Å². The predicted octanol–water partition coefficient (Wildman–Crippen LogP) is 1.79. The average Bonchev–Trinajstić information content (AvgIpc) is 2.46. The fourth-order valence-electron chi connectivity index (χ4n) is 1.93. The summed E-state index contributed by atoms with van der Waals surface area (Å²) < 4.78 is 5.44. The van der Waals surface area contributed by atoms with Crippen molar-refractivity contribution in [2.45, 2.75) is 6.42 Å². The third-order valence-corrected chi connectivity index (χ3v) is 3.03. The summed E-state index contributed by atoms with van der Waals surface area (Å²) >= 11 is 0. The molecule has 1 aromatic heterocycles. The number of carboxylic acids is 1. The molecule has 6 heteroatoms. The Balaban J connectivity index is 2.25. The second-order valence-electron chi connectivity index (χ2n) is 4.71. The van der Waals surface area contributed by atoms with Crippen molar-refractivity contribution in [3.05, 3.63) is 36.0 Å². The van der Waals surface area contributed by atoms with Crippen molar-refractivity contribution in [3.63, 3.8) is 0 Å². The summed E-state index contributed by atoms with van der Waals surface area (Å²) in [6.07, 6.45) is 1.56. The van der Waals surface area contributed by atoms with E-state index in [0.717, 1.165) is 0 Å². The molecule has 0 bridgehead atoms. The lowest BCUT2D eigenvalue weighted by molar-refractivity contribution is -0.129. The van der Waals surface area contributed by atoms with E-state index in [2.05, 4.69) is 4.98 Å². The molecule has 2 rings (SSSR count). The maximum Gasteiger partial charge on any atom is 0.340 e. The number of para-hydroxylation sites is 1. The van der Waals surface area contributed by atoms with Gasteiger partial charge in [0.15, 0.2) is 5.75 Å². The van der Waals surface area contributed by atoms with Gasteiger partial charge in [-0.1, -0.05) is 18.2 Å². The van der Waals surface area contributed by atoms with Crippen molar-refractivity contribution >= 4 is 22.8 Å². The highest BCUT2D eigenvalue weighted by atomic mass is 16.5. The van der Waals surface area contributed by atoms with E-state index in [-0.39, 0.29) is 30.2 Å². The number of aromatic nitrogens is 1. The van der Waals surface area contributed by atoms with Crippen LogP contribution in [0.15, 0.2) is 30.5 Å². The Labute approximate surface area is 122 Å². The van der Waals surface area contributed by atoms with Crippen LogP contribution in [0.4, 0.5) is 0 Å². The molecule has 0 aliphatic carbocycles. The van der Waals surface area contributed by atoms with Crippen molar-refractivity contribution < 1.29 is 19.4 Å². The highest BCUT2D eigenvalue weighted by molar-refractivity contribution is 6.04. The van der Waals surface area contributed by atoms with Gasteiger partial charge in [0.1, 0.15) is 5.56 Å². The topological polar surface area (TPSA) is 79.7 Å². The van der Waals surface area contributed by atoms with Gasteiger partial charge >= 0.3 is 5.97 Å². The Bertz CT molecular complexity index is 682. The number of carboxylic acid groups (broad SMARTS) is 1. The molecule has 0 aliphatic rings. The minimum atomic E-state index is -1.08. The fourth-order valence-corrected chi connectivity index (χ4v) is 1.93. The summed E-state index contributed by atoms with van der Waals surface area (Å²) in [7, 11) is 3.31. The Hall–Kier alpha value is -2.63. The van der Waals surface area contributed by atoms with E-state index in [1.54, 1.807) is 38.4 Å². The number of rotatable bonds is 5. The Morgan fingerprint density at radius 3 is 2.67 bits per heavy atom. The van der Waals surface area contributed by atoms with Crippen LogP contribution in [0.25, 0.3) is 10.9 Å². The van der Waals surface area contributed by atoms with Gasteiger partial charge in [0, 0.05) is 19.5 Å². The standard InChI is InChI=1S/C15H16N2O4/c1-17(2)13(18)7-8-21-12-9-16-11-6-4-3-5-10(11)14(12)15(19)20/h3-6,9H,7-8H2,1-2H3,(H,19,20). The number of aromatic carboxylic acids is 1. The molecule has 0 fully saturated rings. The normalized spacial score (nSPS) is 10.4. The van der Waals surface area contributed by atoms with Gasteiger partial charge in [0.2, 0.25) is 5.91 Å². The number of pyridine rings is 1. The lowest BCUT2D eigenvalue weighted by Gasteiger charge is -2.13. The van der Waals surface area contributed by atoms with Crippen molar-refractivity contribution in [1.29, 1.82) is 0 Å². The summed E-state index contributed by atoms with van der Waals surface area (Å²) in [6.45, 7) is 0.108. The third-order valence-electron chi connectivity index (χ3n) is 3.03. The van der Waals surface area contributed by atoms with Gasteiger partial charge in [-0.25, -0.2) is 4.79 Å². The van der Waals surface area contributed by atoms with Crippen molar-refractivity contribution in [3.8, 4) is 5.75 Å². The first kappa shape index (κ1) is 14.8. The molecule has 1 aromatic carbocycles. The Morgan fingerprint density at radius 1 is 1.29 bits per heavy atom. The SMILES string of the molecule is CN(C)C(=O)CCOc1cnc2ccccc2c1C(=O)O. The first-order valence-electron chi connectivity index (χ1n) is 6.44.